The minimum absolute atomic E-state index is 0.190. The smallest absolute Gasteiger partial charge is 0.126 e. The van der Waals surface area contributed by atoms with Gasteiger partial charge in [-0.05, 0) is 30.5 Å². The molecule has 2 fully saturated rings. The lowest BCUT2D eigenvalue weighted by atomic mass is 9.82. The molecular formula is C16H22F2N2O. The number of rotatable bonds is 3. The van der Waals surface area contributed by atoms with Crippen LogP contribution in [0.1, 0.15) is 37.3 Å². The fourth-order valence-electron chi connectivity index (χ4n) is 3.88. The largest absolute Gasteiger partial charge is 0.379 e. The van der Waals surface area contributed by atoms with Crippen molar-refractivity contribution >= 4 is 0 Å². The predicted molar refractivity (Wildman–Crippen MR) is 76.9 cm³/mol. The van der Waals surface area contributed by atoms with Gasteiger partial charge in [-0.2, -0.15) is 0 Å². The maximum atomic E-state index is 13.5. The van der Waals surface area contributed by atoms with E-state index in [1.807, 2.05) is 0 Å². The fourth-order valence-corrected chi connectivity index (χ4v) is 3.88. The van der Waals surface area contributed by atoms with E-state index in [1.54, 1.807) is 0 Å². The van der Waals surface area contributed by atoms with Crippen LogP contribution in [0.5, 0.6) is 0 Å². The number of hydrogen-bond donors (Lipinski definition) is 1. The van der Waals surface area contributed by atoms with Gasteiger partial charge in [0.1, 0.15) is 11.6 Å². The summed E-state index contributed by atoms with van der Waals surface area (Å²) in [5, 5.41) is 0. The first-order valence-electron chi connectivity index (χ1n) is 7.66. The number of morpholine rings is 1. The molecule has 2 aliphatic rings. The van der Waals surface area contributed by atoms with Crippen molar-refractivity contribution in [1.82, 2.24) is 4.90 Å². The van der Waals surface area contributed by atoms with Gasteiger partial charge in [-0.3, -0.25) is 4.90 Å². The summed E-state index contributed by atoms with van der Waals surface area (Å²) in [6.07, 6.45) is 4.18. The second kappa shape index (κ2) is 5.99. The van der Waals surface area contributed by atoms with E-state index in [2.05, 4.69) is 4.90 Å². The Morgan fingerprint density at radius 3 is 2.19 bits per heavy atom. The Morgan fingerprint density at radius 2 is 1.62 bits per heavy atom. The Bertz CT molecular complexity index is 477. The van der Waals surface area contributed by atoms with Crippen LogP contribution < -0.4 is 5.73 Å². The first-order chi connectivity index (χ1) is 10.1. The summed E-state index contributed by atoms with van der Waals surface area (Å²) >= 11 is 0. The monoisotopic (exact) mass is 296 g/mol. The van der Waals surface area contributed by atoms with Gasteiger partial charge in [0.2, 0.25) is 0 Å². The summed E-state index contributed by atoms with van der Waals surface area (Å²) in [5.74, 6) is -1.12. The molecule has 1 saturated heterocycles. The van der Waals surface area contributed by atoms with E-state index in [9.17, 15) is 8.78 Å². The molecular weight excluding hydrogens is 274 g/mol. The maximum absolute atomic E-state index is 13.5. The Labute approximate surface area is 124 Å². The molecule has 0 bridgehead atoms. The average Bonchev–Trinajstić information content (AvgIpc) is 2.97. The van der Waals surface area contributed by atoms with Gasteiger partial charge in [0.25, 0.3) is 0 Å². The quantitative estimate of drug-likeness (QED) is 0.932. The van der Waals surface area contributed by atoms with Crippen LogP contribution in [0.3, 0.4) is 0 Å². The number of ether oxygens (including phenoxy) is 1. The molecule has 0 radical (unpaired) electrons. The molecule has 0 spiro atoms. The van der Waals surface area contributed by atoms with Gasteiger partial charge in [0, 0.05) is 30.7 Å². The second-order valence-corrected chi connectivity index (χ2v) is 6.09. The Balaban J connectivity index is 1.92. The highest BCUT2D eigenvalue weighted by molar-refractivity contribution is 5.26. The van der Waals surface area contributed by atoms with Gasteiger partial charge in [-0.25, -0.2) is 8.78 Å². The fraction of sp³-hybridized carbons (Fsp3) is 0.625. The minimum atomic E-state index is -0.560. The third-order valence-corrected chi connectivity index (χ3v) is 4.93. The summed E-state index contributed by atoms with van der Waals surface area (Å²) in [5.41, 5.74) is 6.85. The van der Waals surface area contributed by atoms with Crippen molar-refractivity contribution < 1.29 is 13.5 Å². The zero-order chi connectivity index (χ0) is 14.9. The molecule has 21 heavy (non-hydrogen) atoms. The number of nitrogens with two attached hydrogens (primary N) is 1. The topological polar surface area (TPSA) is 38.5 Å². The van der Waals surface area contributed by atoms with Crippen molar-refractivity contribution in [2.75, 3.05) is 26.3 Å². The number of halogens is 2. The van der Waals surface area contributed by atoms with Gasteiger partial charge in [-0.15, -0.1) is 0 Å². The van der Waals surface area contributed by atoms with E-state index in [0.29, 0.717) is 18.8 Å². The molecule has 1 aromatic carbocycles. The number of hydrogen-bond acceptors (Lipinski definition) is 3. The summed E-state index contributed by atoms with van der Waals surface area (Å²) in [6, 6.07) is 3.26. The first-order valence-corrected chi connectivity index (χ1v) is 7.66. The van der Waals surface area contributed by atoms with Crippen molar-refractivity contribution in [3.8, 4) is 0 Å². The normalized spacial score (nSPS) is 24.1. The van der Waals surface area contributed by atoms with Crippen LogP contribution in [0.4, 0.5) is 8.78 Å². The Hall–Kier alpha value is -1.04. The molecule has 3 nitrogen and oxygen atoms in total. The molecule has 116 valence electrons. The number of nitrogens with zero attached hydrogens (tertiary/aromatic N) is 1. The van der Waals surface area contributed by atoms with Gasteiger partial charge in [0.05, 0.1) is 13.2 Å². The Morgan fingerprint density at radius 1 is 1.05 bits per heavy atom. The van der Waals surface area contributed by atoms with Crippen LogP contribution in [-0.4, -0.2) is 36.7 Å². The zero-order valence-electron chi connectivity index (χ0n) is 12.2. The van der Waals surface area contributed by atoms with Gasteiger partial charge < -0.3 is 10.5 Å². The van der Waals surface area contributed by atoms with Crippen molar-refractivity contribution in [3.05, 3.63) is 35.4 Å². The SMILES string of the molecule is NC(c1cc(F)cc(F)c1)C1(N2CCOCC2)CCCC1. The highest BCUT2D eigenvalue weighted by Crippen LogP contribution is 2.43. The molecule has 1 aliphatic carbocycles. The molecule has 1 heterocycles. The average molecular weight is 296 g/mol. The molecule has 1 atom stereocenters. The van der Waals surface area contributed by atoms with Gasteiger partial charge in [0.15, 0.2) is 0 Å². The van der Waals surface area contributed by atoms with E-state index >= 15 is 0 Å². The van der Waals surface area contributed by atoms with Crippen LogP contribution in [0.15, 0.2) is 18.2 Å². The highest BCUT2D eigenvalue weighted by Gasteiger charge is 2.45. The lowest BCUT2D eigenvalue weighted by Gasteiger charge is -2.47. The van der Waals surface area contributed by atoms with Crippen molar-refractivity contribution in [2.24, 2.45) is 5.73 Å². The number of benzene rings is 1. The van der Waals surface area contributed by atoms with E-state index in [-0.39, 0.29) is 11.6 Å². The van der Waals surface area contributed by atoms with Gasteiger partial charge >= 0.3 is 0 Å². The van der Waals surface area contributed by atoms with Crippen molar-refractivity contribution in [1.29, 1.82) is 0 Å². The third-order valence-electron chi connectivity index (χ3n) is 4.93. The molecule has 1 aromatic rings. The third kappa shape index (κ3) is 2.82. The van der Waals surface area contributed by atoms with Crippen LogP contribution in [0, 0.1) is 11.6 Å². The molecule has 3 rings (SSSR count). The van der Waals surface area contributed by atoms with Crippen LogP contribution >= 0.6 is 0 Å². The molecule has 2 N–H and O–H groups in total. The van der Waals surface area contributed by atoms with Crippen LogP contribution in [0.2, 0.25) is 0 Å². The zero-order valence-corrected chi connectivity index (χ0v) is 12.2. The van der Waals surface area contributed by atoms with Crippen molar-refractivity contribution in [2.45, 2.75) is 37.3 Å². The van der Waals surface area contributed by atoms with Crippen LogP contribution in [0.25, 0.3) is 0 Å². The molecule has 1 unspecified atom stereocenters. The second-order valence-electron chi connectivity index (χ2n) is 6.09. The summed E-state index contributed by atoms with van der Waals surface area (Å²) in [4.78, 5) is 2.37. The van der Waals surface area contributed by atoms with E-state index < -0.39 is 11.6 Å². The lowest BCUT2D eigenvalue weighted by Crippen LogP contribution is -2.57. The Kier molecular flexibility index (Phi) is 4.24. The molecule has 0 amide bonds. The maximum Gasteiger partial charge on any atom is 0.126 e. The first kappa shape index (κ1) is 14.9. The summed E-state index contributed by atoms with van der Waals surface area (Å²) in [6.45, 7) is 3.08. The molecule has 1 aliphatic heterocycles. The molecule has 1 saturated carbocycles. The highest BCUT2D eigenvalue weighted by atomic mass is 19.1. The predicted octanol–water partition coefficient (Wildman–Crippen LogP) is 2.61. The van der Waals surface area contributed by atoms with Gasteiger partial charge in [-0.1, -0.05) is 12.8 Å². The minimum Gasteiger partial charge on any atom is -0.379 e. The van der Waals surface area contributed by atoms with Crippen LogP contribution in [-0.2, 0) is 4.74 Å². The van der Waals surface area contributed by atoms with E-state index in [1.165, 1.54) is 12.1 Å². The van der Waals surface area contributed by atoms with E-state index in [4.69, 9.17) is 10.5 Å². The van der Waals surface area contributed by atoms with Crippen molar-refractivity contribution in [3.63, 3.8) is 0 Å². The lowest BCUT2D eigenvalue weighted by molar-refractivity contribution is -0.0312. The summed E-state index contributed by atoms with van der Waals surface area (Å²) < 4.78 is 32.5. The van der Waals surface area contributed by atoms with E-state index in [0.717, 1.165) is 44.8 Å². The standard InChI is InChI=1S/C16H22F2N2O/c17-13-9-12(10-14(18)11-13)15(19)16(3-1-2-4-16)20-5-7-21-8-6-20/h9-11,15H,1-8,19H2. The molecule has 0 aromatic heterocycles. The molecule has 5 heteroatoms. The summed E-state index contributed by atoms with van der Waals surface area (Å²) in [7, 11) is 0.